The largest absolute Gasteiger partial charge is 0.319 e. The van der Waals surface area contributed by atoms with Gasteiger partial charge in [0.1, 0.15) is 0 Å². The van der Waals surface area contributed by atoms with E-state index in [4.69, 9.17) is 5.73 Å². The first kappa shape index (κ1) is 9.96. The minimum atomic E-state index is -0.109. The Bertz CT molecular complexity index is 598. The quantitative estimate of drug-likeness (QED) is 0.752. The molecule has 0 aliphatic carbocycles. The number of thiophene rings is 1. The zero-order valence-electron chi connectivity index (χ0n) is 8.46. The normalized spacial score (nSPS) is 13.1. The monoisotopic (exact) mass is 246 g/mol. The van der Waals surface area contributed by atoms with Gasteiger partial charge >= 0.3 is 0 Å². The second kappa shape index (κ2) is 3.97. The van der Waals surface area contributed by atoms with Crippen LogP contribution in [0.4, 0.5) is 0 Å². The summed E-state index contributed by atoms with van der Waals surface area (Å²) in [5.41, 5.74) is 10.2. The first-order valence-corrected chi connectivity index (χ1v) is 6.78. The van der Waals surface area contributed by atoms with Crippen molar-refractivity contribution in [1.29, 1.82) is 0 Å². The predicted molar refractivity (Wildman–Crippen MR) is 70.0 cm³/mol. The van der Waals surface area contributed by atoms with Gasteiger partial charge in [-0.1, -0.05) is 18.2 Å². The van der Waals surface area contributed by atoms with Gasteiger partial charge in [0, 0.05) is 10.1 Å². The van der Waals surface area contributed by atoms with Crippen LogP contribution in [-0.2, 0) is 0 Å². The number of rotatable bonds is 2. The van der Waals surface area contributed by atoms with Gasteiger partial charge in [-0.25, -0.2) is 4.98 Å². The highest BCUT2D eigenvalue weighted by atomic mass is 32.1. The average Bonchev–Trinajstić information content (AvgIpc) is 2.98. The minimum absolute atomic E-state index is 0.109. The van der Waals surface area contributed by atoms with Crippen LogP contribution >= 0.6 is 22.7 Å². The molecule has 0 saturated carbocycles. The van der Waals surface area contributed by atoms with Crippen LogP contribution in [0.1, 0.15) is 17.3 Å². The van der Waals surface area contributed by atoms with Crippen LogP contribution in [0.2, 0.25) is 0 Å². The summed E-state index contributed by atoms with van der Waals surface area (Å²) in [6.45, 7) is 0. The van der Waals surface area contributed by atoms with E-state index in [1.165, 1.54) is 15.6 Å². The maximum absolute atomic E-state index is 6.22. The Morgan fingerprint density at radius 1 is 1.19 bits per heavy atom. The highest BCUT2D eigenvalue weighted by Gasteiger charge is 2.14. The fraction of sp³-hybridized carbons (Fsp3) is 0.0833. The number of hydrogen-bond donors (Lipinski definition) is 1. The smallest absolute Gasteiger partial charge is 0.0795 e. The topological polar surface area (TPSA) is 38.9 Å². The van der Waals surface area contributed by atoms with Crippen molar-refractivity contribution in [2.24, 2.45) is 5.73 Å². The van der Waals surface area contributed by atoms with Gasteiger partial charge in [0.15, 0.2) is 0 Å². The lowest BCUT2D eigenvalue weighted by atomic mass is 10.0. The molecule has 80 valence electrons. The van der Waals surface area contributed by atoms with Gasteiger partial charge in [0.05, 0.1) is 17.2 Å². The Hall–Kier alpha value is -1.23. The number of fused-ring (bicyclic) bond motifs is 1. The van der Waals surface area contributed by atoms with E-state index in [1.54, 1.807) is 22.7 Å². The van der Waals surface area contributed by atoms with E-state index in [0.717, 1.165) is 5.69 Å². The third-order valence-corrected chi connectivity index (χ3v) is 4.20. The molecule has 3 aromatic rings. The van der Waals surface area contributed by atoms with E-state index in [-0.39, 0.29) is 6.04 Å². The van der Waals surface area contributed by atoms with Crippen molar-refractivity contribution in [1.82, 2.24) is 4.98 Å². The molecule has 4 heteroatoms. The van der Waals surface area contributed by atoms with Crippen molar-refractivity contribution in [3.8, 4) is 0 Å². The molecule has 1 aromatic carbocycles. The standard InChI is InChI=1S/C12H10N2S2/c13-12(10-6-15-7-14-10)9-5-16-11-4-2-1-3-8(9)11/h1-7,12H,13H2. The Kier molecular flexibility index (Phi) is 2.47. The third kappa shape index (κ3) is 1.55. The molecular weight excluding hydrogens is 236 g/mol. The summed E-state index contributed by atoms with van der Waals surface area (Å²) >= 11 is 3.32. The molecule has 3 rings (SSSR count). The number of aromatic nitrogens is 1. The molecule has 16 heavy (non-hydrogen) atoms. The number of benzene rings is 1. The van der Waals surface area contributed by atoms with Crippen molar-refractivity contribution in [2.45, 2.75) is 6.04 Å². The van der Waals surface area contributed by atoms with Crippen LogP contribution in [0, 0.1) is 0 Å². The molecule has 2 N–H and O–H groups in total. The fourth-order valence-electron chi connectivity index (χ4n) is 1.77. The zero-order valence-corrected chi connectivity index (χ0v) is 10.1. The first-order valence-electron chi connectivity index (χ1n) is 4.96. The van der Waals surface area contributed by atoms with Crippen LogP contribution in [0.15, 0.2) is 40.5 Å². The Morgan fingerprint density at radius 2 is 2.06 bits per heavy atom. The molecule has 0 radical (unpaired) electrons. The molecule has 0 bridgehead atoms. The minimum Gasteiger partial charge on any atom is -0.319 e. The van der Waals surface area contributed by atoms with Gasteiger partial charge in [0.25, 0.3) is 0 Å². The maximum Gasteiger partial charge on any atom is 0.0795 e. The summed E-state index contributed by atoms with van der Waals surface area (Å²) in [5.74, 6) is 0. The number of hydrogen-bond acceptors (Lipinski definition) is 4. The van der Waals surface area contributed by atoms with E-state index >= 15 is 0 Å². The van der Waals surface area contributed by atoms with E-state index in [0.29, 0.717) is 0 Å². The lowest BCUT2D eigenvalue weighted by Gasteiger charge is -2.07. The number of thiazole rings is 1. The SMILES string of the molecule is NC(c1cscn1)c1csc2ccccc12. The second-order valence-corrected chi connectivity index (χ2v) is 5.21. The summed E-state index contributed by atoms with van der Waals surface area (Å²) in [4.78, 5) is 4.28. The zero-order chi connectivity index (χ0) is 11.0. The molecular formula is C12H10N2S2. The molecule has 2 aromatic heterocycles. The van der Waals surface area contributed by atoms with Crippen molar-refractivity contribution in [2.75, 3.05) is 0 Å². The van der Waals surface area contributed by atoms with Crippen molar-refractivity contribution >= 4 is 32.8 Å². The van der Waals surface area contributed by atoms with Crippen molar-refractivity contribution < 1.29 is 0 Å². The van der Waals surface area contributed by atoms with Crippen LogP contribution < -0.4 is 5.73 Å². The highest BCUT2D eigenvalue weighted by Crippen LogP contribution is 2.31. The number of nitrogens with two attached hydrogens (primary N) is 1. The van der Waals surface area contributed by atoms with Gasteiger partial charge in [-0.3, -0.25) is 0 Å². The van der Waals surface area contributed by atoms with Crippen LogP contribution in [0.5, 0.6) is 0 Å². The van der Waals surface area contributed by atoms with Gasteiger partial charge in [-0.2, -0.15) is 0 Å². The summed E-state index contributed by atoms with van der Waals surface area (Å²) in [6, 6.07) is 8.23. The molecule has 0 fully saturated rings. The van der Waals surface area contributed by atoms with Gasteiger partial charge < -0.3 is 5.73 Å². The summed E-state index contributed by atoms with van der Waals surface area (Å²) < 4.78 is 1.28. The molecule has 0 saturated heterocycles. The van der Waals surface area contributed by atoms with Crippen LogP contribution in [-0.4, -0.2) is 4.98 Å². The summed E-state index contributed by atoms with van der Waals surface area (Å²) in [6.07, 6.45) is 0. The van der Waals surface area contributed by atoms with Crippen molar-refractivity contribution in [3.05, 3.63) is 51.8 Å². The molecule has 1 atom stereocenters. The lowest BCUT2D eigenvalue weighted by Crippen LogP contribution is -2.11. The third-order valence-electron chi connectivity index (χ3n) is 2.62. The molecule has 0 spiro atoms. The predicted octanol–water partition coefficient (Wildman–Crippen LogP) is 3.41. The van der Waals surface area contributed by atoms with Crippen LogP contribution in [0.3, 0.4) is 0 Å². The first-order chi connectivity index (χ1) is 7.86. The molecule has 0 amide bonds. The molecule has 0 aliphatic heterocycles. The molecule has 1 unspecified atom stereocenters. The van der Waals surface area contributed by atoms with Gasteiger partial charge in [-0.15, -0.1) is 22.7 Å². The Balaban J connectivity index is 2.12. The van der Waals surface area contributed by atoms with E-state index in [1.807, 2.05) is 17.0 Å². The molecule has 2 heterocycles. The van der Waals surface area contributed by atoms with E-state index in [9.17, 15) is 0 Å². The Morgan fingerprint density at radius 3 is 2.88 bits per heavy atom. The van der Waals surface area contributed by atoms with Crippen molar-refractivity contribution in [3.63, 3.8) is 0 Å². The average molecular weight is 246 g/mol. The molecule has 2 nitrogen and oxygen atoms in total. The fourth-order valence-corrected chi connectivity index (χ4v) is 3.36. The van der Waals surface area contributed by atoms with Crippen LogP contribution in [0.25, 0.3) is 10.1 Å². The maximum atomic E-state index is 6.22. The Labute approximate surface area is 101 Å². The van der Waals surface area contributed by atoms with Gasteiger partial charge in [0.2, 0.25) is 0 Å². The van der Waals surface area contributed by atoms with E-state index < -0.39 is 0 Å². The molecule has 0 aliphatic rings. The number of nitrogens with zero attached hydrogens (tertiary/aromatic N) is 1. The van der Waals surface area contributed by atoms with Gasteiger partial charge in [-0.05, 0) is 22.4 Å². The highest BCUT2D eigenvalue weighted by molar-refractivity contribution is 7.17. The van der Waals surface area contributed by atoms with E-state index in [2.05, 4.69) is 28.6 Å². The summed E-state index contributed by atoms with van der Waals surface area (Å²) in [5, 5.41) is 5.39. The lowest BCUT2D eigenvalue weighted by molar-refractivity contribution is 0.850. The summed E-state index contributed by atoms with van der Waals surface area (Å²) in [7, 11) is 0. The second-order valence-electron chi connectivity index (χ2n) is 3.58.